The van der Waals surface area contributed by atoms with E-state index in [0.717, 1.165) is 33.8 Å². The minimum atomic E-state index is -0.869. The summed E-state index contributed by atoms with van der Waals surface area (Å²) in [6, 6.07) is 25.8. The topological polar surface area (TPSA) is 84.0 Å². The Morgan fingerprint density at radius 1 is 0.950 bits per heavy atom. The van der Waals surface area contributed by atoms with Crippen LogP contribution in [0.5, 0.6) is 5.75 Å². The number of hydrogen-bond donors (Lipinski definition) is 2. The van der Waals surface area contributed by atoms with Gasteiger partial charge in [0.15, 0.2) is 6.40 Å². The number of aliphatic hydroxyl groups is 1. The van der Waals surface area contributed by atoms with Crippen LogP contribution in [0.1, 0.15) is 51.1 Å². The van der Waals surface area contributed by atoms with Crippen molar-refractivity contribution >= 4 is 18.1 Å². The summed E-state index contributed by atoms with van der Waals surface area (Å²) < 4.78 is 22.0. The highest BCUT2D eigenvalue weighted by Gasteiger charge is 2.27. The monoisotopic (exact) mass is 542 g/mol. The average Bonchev–Trinajstić information content (AvgIpc) is 3.27. The van der Waals surface area contributed by atoms with Crippen molar-refractivity contribution in [2.75, 3.05) is 0 Å². The molecular weight excluding hydrogens is 507 g/mol. The van der Waals surface area contributed by atoms with E-state index in [1.54, 1.807) is 12.1 Å². The number of benzene rings is 3. The lowest BCUT2D eigenvalue weighted by atomic mass is 9.98. The van der Waals surface area contributed by atoms with Crippen molar-refractivity contribution in [2.45, 2.75) is 58.1 Å². The van der Waals surface area contributed by atoms with Crippen LogP contribution < -0.4 is 4.74 Å². The molecule has 0 bridgehead atoms. The number of aliphatic imine (C=N–C) groups is 1. The normalized spacial score (nSPS) is 12.2. The van der Waals surface area contributed by atoms with Gasteiger partial charge in [-0.25, -0.2) is 9.38 Å². The van der Waals surface area contributed by atoms with Gasteiger partial charge in [0.2, 0.25) is 0 Å². The molecule has 1 heterocycles. The molecule has 0 radical (unpaired) electrons. The lowest BCUT2D eigenvalue weighted by Crippen LogP contribution is -2.14. The molecule has 6 nitrogen and oxygen atoms in total. The van der Waals surface area contributed by atoms with Crippen molar-refractivity contribution in [3.8, 4) is 28.1 Å². The summed E-state index contributed by atoms with van der Waals surface area (Å²) in [6.45, 7) is 4.66. The number of carboxylic acid groups (broad SMARTS) is 1. The highest BCUT2D eigenvalue weighted by Crippen LogP contribution is 2.47. The summed E-state index contributed by atoms with van der Waals surface area (Å²) in [5.41, 5.74) is 5.26. The summed E-state index contributed by atoms with van der Waals surface area (Å²) in [6.07, 6.45) is 2.06. The number of nitrogens with zero attached hydrogens (tertiary/aromatic N) is 2. The largest absolute Gasteiger partial charge is 0.481 e. The van der Waals surface area contributed by atoms with Gasteiger partial charge in [-0.15, -0.1) is 0 Å². The first-order valence-electron chi connectivity index (χ1n) is 13.6. The van der Waals surface area contributed by atoms with Crippen molar-refractivity contribution in [1.82, 2.24) is 4.57 Å². The van der Waals surface area contributed by atoms with Gasteiger partial charge in [0.1, 0.15) is 11.6 Å². The van der Waals surface area contributed by atoms with Crippen LogP contribution in [-0.4, -0.2) is 33.3 Å². The number of rotatable bonds is 13. The van der Waals surface area contributed by atoms with Crippen LogP contribution in [0.3, 0.4) is 0 Å². The number of aromatic nitrogens is 1. The second-order valence-electron chi connectivity index (χ2n) is 10.0. The van der Waals surface area contributed by atoms with Crippen molar-refractivity contribution in [1.29, 1.82) is 0 Å². The predicted molar refractivity (Wildman–Crippen MR) is 157 cm³/mol. The fourth-order valence-corrected chi connectivity index (χ4v) is 4.91. The van der Waals surface area contributed by atoms with Gasteiger partial charge >= 0.3 is 5.97 Å². The Hall–Kier alpha value is -4.23. The third-order valence-corrected chi connectivity index (χ3v) is 6.73. The molecule has 0 aliphatic rings. The van der Waals surface area contributed by atoms with Crippen LogP contribution in [-0.2, 0) is 11.3 Å². The van der Waals surface area contributed by atoms with Crippen LogP contribution in [0.15, 0.2) is 89.9 Å². The summed E-state index contributed by atoms with van der Waals surface area (Å²) in [4.78, 5) is 15.8. The molecule has 0 spiro atoms. The van der Waals surface area contributed by atoms with Gasteiger partial charge in [0.25, 0.3) is 0 Å². The van der Waals surface area contributed by atoms with Gasteiger partial charge in [-0.2, -0.15) is 0 Å². The minimum absolute atomic E-state index is 0.0249. The first-order valence-corrected chi connectivity index (χ1v) is 13.6. The van der Waals surface area contributed by atoms with Crippen LogP contribution >= 0.6 is 0 Å². The second kappa shape index (κ2) is 13.7. The van der Waals surface area contributed by atoms with E-state index >= 15 is 0 Å². The van der Waals surface area contributed by atoms with Crippen molar-refractivity contribution in [3.63, 3.8) is 0 Å². The summed E-state index contributed by atoms with van der Waals surface area (Å²) in [5, 5.41) is 19.7. The molecule has 0 fully saturated rings. The zero-order valence-electron chi connectivity index (χ0n) is 22.8. The molecule has 2 N–H and O–H groups in total. The number of halogens is 1. The maximum atomic E-state index is 14.0. The Bertz CT molecular complexity index is 1410. The molecule has 4 rings (SSSR count). The molecule has 4 aromatic rings. The van der Waals surface area contributed by atoms with Crippen molar-refractivity contribution in [2.24, 2.45) is 4.99 Å². The van der Waals surface area contributed by atoms with E-state index in [2.05, 4.69) is 18.4 Å². The number of aliphatic hydroxyl groups excluding tert-OH is 1. The standard InChI is InChI=1S/C33H35FN2O4/c1-23(2)32-31(35-22-40-28-13-7-4-8-14-28)30(24-10-5-3-6-11-24)33(25-16-18-26(34)19-17-25)36(32)21-20-27(37)12-9-15-29(38)39/h3-8,10-11,13-14,16-19,22-23,27,37H,9,12,15,20-21H2,1-2H3,(H,38,39)/t27-/m0/s1. The van der Waals surface area contributed by atoms with Crippen LogP contribution in [0.25, 0.3) is 22.4 Å². The van der Waals surface area contributed by atoms with Gasteiger partial charge in [0.05, 0.1) is 17.5 Å². The Morgan fingerprint density at radius 3 is 2.23 bits per heavy atom. The number of carboxylic acids is 1. The number of carbonyl (C=O) groups is 1. The molecule has 0 saturated carbocycles. The summed E-state index contributed by atoms with van der Waals surface area (Å²) in [7, 11) is 0. The molecule has 0 amide bonds. The fraction of sp³-hybridized carbons (Fsp3) is 0.273. The molecule has 1 atom stereocenters. The van der Waals surface area contributed by atoms with Crippen molar-refractivity contribution in [3.05, 3.63) is 96.4 Å². The van der Waals surface area contributed by atoms with Crippen LogP contribution in [0.4, 0.5) is 10.1 Å². The van der Waals surface area contributed by atoms with Crippen LogP contribution in [0, 0.1) is 5.82 Å². The van der Waals surface area contributed by atoms with Gasteiger partial charge in [-0.05, 0) is 72.7 Å². The van der Waals surface area contributed by atoms with E-state index in [1.807, 2.05) is 60.7 Å². The maximum Gasteiger partial charge on any atom is 0.303 e. The quantitative estimate of drug-likeness (QED) is 0.133. The predicted octanol–water partition coefficient (Wildman–Crippen LogP) is 7.83. The van der Waals surface area contributed by atoms with Crippen molar-refractivity contribution < 1.29 is 24.1 Å². The number of para-hydroxylation sites is 1. The zero-order chi connectivity index (χ0) is 28.5. The highest BCUT2D eigenvalue weighted by atomic mass is 19.1. The SMILES string of the molecule is CC(C)c1c(N=COc2ccccc2)c(-c2ccccc2)c(-c2ccc(F)cc2)n1CC[C@@H](O)CCCC(=O)O. The van der Waals surface area contributed by atoms with E-state index in [1.165, 1.54) is 18.5 Å². The first kappa shape index (κ1) is 28.8. The Labute approximate surface area is 234 Å². The molecule has 0 aliphatic heterocycles. The lowest BCUT2D eigenvalue weighted by Gasteiger charge is -2.18. The molecule has 7 heteroatoms. The van der Waals surface area contributed by atoms with E-state index in [-0.39, 0.29) is 18.2 Å². The third-order valence-electron chi connectivity index (χ3n) is 6.73. The molecule has 0 aliphatic carbocycles. The van der Waals surface area contributed by atoms with E-state index in [9.17, 15) is 14.3 Å². The first-order chi connectivity index (χ1) is 19.3. The maximum absolute atomic E-state index is 14.0. The van der Waals surface area contributed by atoms with Gasteiger partial charge in [0, 0.05) is 24.2 Å². The van der Waals surface area contributed by atoms with E-state index in [0.29, 0.717) is 31.6 Å². The highest BCUT2D eigenvalue weighted by molar-refractivity contribution is 5.93. The van der Waals surface area contributed by atoms with Gasteiger partial charge < -0.3 is 19.5 Å². The molecule has 0 unspecified atom stereocenters. The minimum Gasteiger partial charge on any atom is -0.481 e. The van der Waals surface area contributed by atoms with Gasteiger partial charge in [-0.3, -0.25) is 4.79 Å². The smallest absolute Gasteiger partial charge is 0.303 e. The summed E-state index contributed by atoms with van der Waals surface area (Å²) in [5.74, 6) is -0.465. The fourth-order valence-electron chi connectivity index (χ4n) is 4.91. The Balaban J connectivity index is 1.84. The Kier molecular flexibility index (Phi) is 9.86. The molecule has 1 aromatic heterocycles. The number of hydrogen-bond acceptors (Lipinski definition) is 4. The third kappa shape index (κ3) is 7.24. The average molecular weight is 543 g/mol. The lowest BCUT2D eigenvalue weighted by molar-refractivity contribution is -0.137. The van der Waals surface area contributed by atoms with Gasteiger partial charge in [-0.1, -0.05) is 62.4 Å². The Morgan fingerprint density at radius 2 is 1.60 bits per heavy atom. The summed E-state index contributed by atoms with van der Waals surface area (Å²) >= 11 is 0. The van der Waals surface area contributed by atoms with Crippen LogP contribution in [0.2, 0.25) is 0 Å². The molecule has 208 valence electrons. The number of ether oxygens (including phenoxy) is 1. The molecule has 0 saturated heterocycles. The molecular formula is C33H35FN2O4. The number of aliphatic carboxylic acids is 1. The molecule has 3 aromatic carbocycles. The molecule has 40 heavy (non-hydrogen) atoms. The van der Waals surface area contributed by atoms with E-state index < -0.39 is 12.1 Å². The second-order valence-corrected chi connectivity index (χ2v) is 10.0. The zero-order valence-corrected chi connectivity index (χ0v) is 22.8. The van der Waals surface area contributed by atoms with E-state index in [4.69, 9.17) is 14.8 Å².